The van der Waals surface area contributed by atoms with Crippen molar-refractivity contribution in [1.29, 1.82) is 0 Å². The first-order valence-electron chi connectivity index (χ1n) is 8.55. The van der Waals surface area contributed by atoms with Crippen molar-refractivity contribution >= 4 is 23.2 Å². The lowest BCUT2D eigenvalue weighted by molar-refractivity contribution is -0.117. The lowest BCUT2D eigenvalue weighted by Gasteiger charge is -2.28. The van der Waals surface area contributed by atoms with E-state index in [1.807, 2.05) is 0 Å². The number of amides is 2. The van der Waals surface area contributed by atoms with Gasteiger partial charge >= 0.3 is 0 Å². The summed E-state index contributed by atoms with van der Waals surface area (Å²) in [4.78, 5) is 23.6. The molecule has 3 N–H and O–H groups in total. The van der Waals surface area contributed by atoms with E-state index in [1.165, 1.54) is 19.8 Å². The normalized spacial score (nSPS) is 25.2. The number of carbonyl (C=O) groups is 2. The second kappa shape index (κ2) is 7.21. The number of piperidine rings is 1. The molecule has 2 saturated heterocycles. The van der Waals surface area contributed by atoms with Crippen LogP contribution in [-0.2, 0) is 9.59 Å². The van der Waals surface area contributed by atoms with Gasteiger partial charge in [-0.05, 0) is 49.8 Å². The van der Waals surface area contributed by atoms with Crippen molar-refractivity contribution in [2.24, 2.45) is 5.92 Å². The van der Waals surface area contributed by atoms with Gasteiger partial charge in [0.05, 0.1) is 12.8 Å². The molecule has 1 aromatic rings. The highest BCUT2D eigenvalue weighted by Crippen LogP contribution is 2.33. The molecule has 24 heavy (non-hydrogen) atoms. The monoisotopic (exact) mass is 331 g/mol. The summed E-state index contributed by atoms with van der Waals surface area (Å²) in [7, 11) is 1.56. The van der Waals surface area contributed by atoms with Crippen LogP contribution in [0.3, 0.4) is 0 Å². The number of hydrogen-bond acceptors (Lipinski definition) is 4. The maximum Gasteiger partial charge on any atom is 0.224 e. The van der Waals surface area contributed by atoms with Crippen molar-refractivity contribution in [2.45, 2.75) is 51.1 Å². The molecule has 2 fully saturated rings. The van der Waals surface area contributed by atoms with Gasteiger partial charge in [0, 0.05) is 31.1 Å². The van der Waals surface area contributed by atoms with E-state index in [9.17, 15) is 9.59 Å². The van der Waals surface area contributed by atoms with Crippen molar-refractivity contribution in [1.82, 2.24) is 5.32 Å². The zero-order chi connectivity index (χ0) is 17.1. The molecule has 2 atom stereocenters. The van der Waals surface area contributed by atoms with Crippen molar-refractivity contribution < 1.29 is 14.3 Å². The largest absolute Gasteiger partial charge is 0.495 e. The van der Waals surface area contributed by atoms with Crippen molar-refractivity contribution in [3.8, 4) is 5.75 Å². The number of hydrogen-bond donors (Lipinski definition) is 3. The number of anilines is 2. The number of benzene rings is 1. The molecule has 2 aliphatic rings. The molecule has 0 spiro atoms. The van der Waals surface area contributed by atoms with E-state index in [0.29, 0.717) is 41.5 Å². The van der Waals surface area contributed by atoms with Crippen LogP contribution in [0.1, 0.15) is 39.0 Å². The highest BCUT2D eigenvalue weighted by Gasteiger charge is 2.34. The third-order valence-corrected chi connectivity index (χ3v) is 4.84. The molecule has 2 amide bonds. The molecule has 6 heteroatoms. The number of nitrogens with one attached hydrogen (secondary N) is 3. The van der Waals surface area contributed by atoms with Gasteiger partial charge < -0.3 is 20.7 Å². The molecule has 2 aliphatic heterocycles. The maximum atomic E-state index is 12.4. The Morgan fingerprint density at radius 1 is 1.21 bits per heavy atom. The van der Waals surface area contributed by atoms with Crippen molar-refractivity contribution in [3.05, 3.63) is 18.2 Å². The van der Waals surface area contributed by atoms with Crippen LogP contribution in [0.25, 0.3) is 0 Å². The van der Waals surface area contributed by atoms with Gasteiger partial charge in [-0.25, -0.2) is 0 Å². The molecular weight excluding hydrogens is 306 g/mol. The third kappa shape index (κ3) is 4.06. The van der Waals surface area contributed by atoms with E-state index in [4.69, 9.17) is 4.74 Å². The average Bonchev–Trinajstić information content (AvgIpc) is 2.85. The van der Waals surface area contributed by atoms with E-state index < -0.39 is 0 Å². The predicted octanol–water partition coefficient (Wildman–Crippen LogP) is 2.51. The summed E-state index contributed by atoms with van der Waals surface area (Å²) in [6.45, 7) is 1.45. The zero-order valence-corrected chi connectivity index (χ0v) is 14.2. The van der Waals surface area contributed by atoms with Crippen molar-refractivity contribution in [2.75, 3.05) is 17.7 Å². The van der Waals surface area contributed by atoms with Gasteiger partial charge in [-0.3, -0.25) is 9.59 Å². The first-order valence-corrected chi connectivity index (χ1v) is 8.55. The SMILES string of the molecule is COc1ccc(NC(C)=O)cc1NC(=O)CC1CC2CCC(C1)N2. The van der Waals surface area contributed by atoms with Crippen LogP contribution in [0, 0.1) is 5.92 Å². The predicted molar refractivity (Wildman–Crippen MR) is 93.2 cm³/mol. The Bertz CT molecular complexity index is 620. The summed E-state index contributed by atoms with van der Waals surface area (Å²) >= 11 is 0. The minimum atomic E-state index is -0.150. The topological polar surface area (TPSA) is 79.5 Å². The highest BCUT2D eigenvalue weighted by molar-refractivity contribution is 5.95. The summed E-state index contributed by atoms with van der Waals surface area (Å²) < 4.78 is 5.30. The number of ether oxygens (including phenoxy) is 1. The number of rotatable bonds is 5. The number of fused-ring (bicyclic) bond motifs is 2. The Balaban J connectivity index is 1.63. The van der Waals surface area contributed by atoms with Gasteiger partial charge in [-0.2, -0.15) is 0 Å². The van der Waals surface area contributed by atoms with E-state index in [2.05, 4.69) is 16.0 Å². The van der Waals surface area contributed by atoms with Crippen LogP contribution >= 0.6 is 0 Å². The van der Waals surface area contributed by atoms with Crippen LogP contribution in [0.2, 0.25) is 0 Å². The second-order valence-electron chi connectivity index (χ2n) is 6.82. The Kier molecular flexibility index (Phi) is 5.04. The van der Waals surface area contributed by atoms with Crippen LogP contribution in [0.5, 0.6) is 5.75 Å². The molecule has 6 nitrogen and oxygen atoms in total. The fourth-order valence-electron chi connectivity index (χ4n) is 3.89. The van der Waals surface area contributed by atoms with E-state index in [0.717, 1.165) is 12.8 Å². The Morgan fingerprint density at radius 3 is 2.54 bits per heavy atom. The first-order chi connectivity index (χ1) is 11.5. The maximum absolute atomic E-state index is 12.4. The minimum absolute atomic E-state index is 0.000394. The molecule has 2 unspecified atom stereocenters. The number of methoxy groups -OCH3 is 1. The molecule has 3 rings (SSSR count). The van der Waals surface area contributed by atoms with Crippen LogP contribution in [0.4, 0.5) is 11.4 Å². The summed E-state index contributed by atoms with van der Waals surface area (Å²) in [5.41, 5.74) is 1.23. The Morgan fingerprint density at radius 2 is 1.92 bits per heavy atom. The summed E-state index contributed by atoms with van der Waals surface area (Å²) in [6.07, 6.45) is 5.15. The lowest BCUT2D eigenvalue weighted by Crippen LogP contribution is -2.39. The van der Waals surface area contributed by atoms with Gasteiger partial charge in [0.15, 0.2) is 0 Å². The van der Waals surface area contributed by atoms with Gasteiger partial charge in [-0.15, -0.1) is 0 Å². The Hall–Kier alpha value is -2.08. The van der Waals surface area contributed by atoms with E-state index in [-0.39, 0.29) is 11.8 Å². The van der Waals surface area contributed by atoms with E-state index in [1.54, 1.807) is 25.3 Å². The zero-order valence-electron chi connectivity index (χ0n) is 14.2. The molecule has 0 radical (unpaired) electrons. The summed E-state index contributed by atoms with van der Waals surface area (Å²) in [5, 5.41) is 9.25. The summed E-state index contributed by atoms with van der Waals surface area (Å²) in [5.74, 6) is 0.873. The van der Waals surface area contributed by atoms with Gasteiger partial charge in [-0.1, -0.05) is 0 Å². The fraction of sp³-hybridized carbons (Fsp3) is 0.556. The second-order valence-corrected chi connectivity index (χ2v) is 6.82. The molecule has 0 aromatic heterocycles. The van der Waals surface area contributed by atoms with Crippen LogP contribution < -0.4 is 20.7 Å². The van der Waals surface area contributed by atoms with Gasteiger partial charge in [0.2, 0.25) is 11.8 Å². The van der Waals surface area contributed by atoms with Crippen LogP contribution in [-0.4, -0.2) is 31.0 Å². The molecular formula is C18H25N3O3. The molecule has 1 aromatic carbocycles. The number of carbonyl (C=O) groups excluding carboxylic acids is 2. The van der Waals surface area contributed by atoms with E-state index >= 15 is 0 Å². The lowest BCUT2D eigenvalue weighted by atomic mass is 9.89. The third-order valence-electron chi connectivity index (χ3n) is 4.84. The first kappa shape index (κ1) is 16.8. The Labute approximate surface area is 142 Å². The average molecular weight is 331 g/mol. The molecule has 0 aliphatic carbocycles. The molecule has 130 valence electrons. The summed E-state index contributed by atoms with van der Waals surface area (Å²) in [6, 6.07) is 6.38. The van der Waals surface area contributed by atoms with Gasteiger partial charge in [0.1, 0.15) is 5.75 Å². The van der Waals surface area contributed by atoms with Crippen molar-refractivity contribution in [3.63, 3.8) is 0 Å². The fourth-order valence-corrected chi connectivity index (χ4v) is 3.89. The van der Waals surface area contributed by atoms with Crippen LogP contribution in [0.15, 0.2) is 18.2 Å². The van der Waals surface area contributed by atoms with Gasteiger partial charge in [0.25, 0.3) is 0 Å². The quantitative estimate of drug-likeness (QED) is 0.774. The smallest absolute Gasteiger partial charge is 0.224 e. The highest BCUT2D eigenvalue weighted by atomic mass is 16.5. The molecule has 2 bridgehead atoms. The molecule has 0 saturated carbocycles. The molecule has 2 heterocycles. The standard InChI is InChI=1S/C18H25N3O3/c1-11(22)19-15-5-6-17(24-2)16(10-15)21-18(23)9-12-7-13-3-4-14(8-12)20-13/h5-6,10,12-14,20H,3-4,7-9H2,1-2H3,(H,19,22)(H,21,23). The minimum Gasteiger partial charge on any atom is -0.495 e.